The normalized spacial score (nSPS) is 16.8. The van der Waals surface area contributed by atoms with Gasteiger partial charge < -0.3 is 20.1 Å². The van der Waals surface area contributed by atoms with Crippen molar-refractivity contribution in [1.29, 1.82) is 0 Å². The fraction of sp³-hybridized carbons (Fsp3) is 0.375. The fourth-order valence-electron chi connectivity index (χ4n) is 2.25. The Balaban J connectivity index is 1.70. The second kappa shape index (κ2) is 7.58. The summed E-state index contributed by atoms with van der Waals surface area (Å²) in [5.41, 5.74) is 0.897. The average molecular weight is 330 g/mol. The van der Waals surface area contributed by atoms with E-state index in [4.69, 9.17) is 9.47 Å². The maximum Gasteiger partial charge on any atom is 0.310 e. The number of nitrogens with one attached hydrogen (secondary N) is 2. The minimum Gasteiger partial charge on any atom is -0.474 e. The zero-order valence-electron chi connectivity index (χ0n) is 13.1. The number of amides is 2. The van der Waals surface area contributed by atoms with Crippen LogP contribution >= 0.6 is 0 Å². The SMILES string of the molecule is O=C(Nc1ccccc1NC(=O)C1=NCCCO1)C1=NCCCO1. The van der Waals surface area contributed by atoms with Crippen LogP contribution in [0.25, 0.3) is 0 Å². The molecule has 1 aromatic rings. The van der Waals surface area contributed by atoms with E-state index < -0.39 is 11.8 Å². The standard InChI is InChI=1S/C16H18N4O4/c21-13(15-17-7-3-9-23-15)19-11-5-1-2-6-12(11)20-14(22)16-18-8-4-10-24-16/h1-2,5-6H,3-4,7-10H2,(H,19,21)(H,20,22). The summed E-state index contributed by atoms with van der Waals surface area (Å²) in [6, 6.07) is 6.87. The highest BCUT2D eigenvalue weighted by molar-refractivity contribution is 6.41. The van der Waals surface area contributed by atoms with E-state index in [-0.39, 0.29) is 11.8 Å². The van der Waals surface area contributed by atoms with Crippen molar-refractivity contribution in [1.82, 2.24) is 0 Å². The molecule has 0 fully saturated rings. The monoisotopic (exact) mass is 330 g/mol. The third-order valence-corrected chi connectivity index (χ3v) is 3.41. The molecule has 0 atom stereocenters. The third-order valence-electron chi connectivity index (χ3n) is 3.41. The zero-order chi connectivity index (χ0) is 16.8. The maximum atomic E-state index is 12.2. The van der Waals surface area contributed by atoms with Gasteiger partial charge in [-0.05, 0) is 12.1 Å². The maximum absolute atomic E-state index is 12.2. The summed E-state index contributed by atoms with van der Waals surface area (Å²) in [6.45, 7) is 2.08. The lowest BCUT2D eigenvalue weighted by atomic mass is 10.2. The number of rotatable bonds is 4. The molecule has 2 aliphatic rings. The molecule has 0 saturated heterocycles. The van der Waals surface area contributed by atoms with E-state index in [1.807, 2.05) is 0 Å². The molecule has 0 bridgehead atoms. The van der Waals surface area contributed by atoms with Gasteiger partial charge in [-0.1, -0.05) is 12.1 Å². The first-order valence-electron chi connectivity index (χ1n) is 7.80. The van der Waals surface area contributed by atoms with Crippen molar-refractivity contribution in [2.24, 2.45) is 9.98 Å². The van der Waals surface area contributed by atoms with E-state index in [1.165, 1.54) is 0 Å². The summed E-state index contributed by atoms with van der Waals surface area (Å²) in [7, 11) is 0. The molecule has 2 amide bonds. The quantitative estimate of drug-likeness (QED) is 0.866. The van der Waals surface area contributed by atoms with Crippen molar-refractivity contribution in [3.63, 3.8) is 0 Å². The van der Waals surface area contributed by atoms with Gasteiger partial charge in [-0.15, -0.1) is 0 Å². The van der Waals surface area contributed by atoms with Crippen LogP contribution in [0.3, 0.4) is 0 Å². The average Bonchev–Trinajstić information content (AvgIpc) is 2.64. The van der Waals surface area contributed by atoms with Crippen LogP contribution in [0.15, 0.2) is 34.3 Å². The van der Waals surface area contributed by atoms with Gasteiger partial charge in [0.15, 0.2) is 0 Å². The lowest BCUT2D eigenvalue weighted by Gasteiger charge is -2.16. The lowest BCUT2D eigenvalue weighted by Crippen LogP contribution is -2.30. The van der Waals surface area contributed by atoms with Crippen LogP contribution < -0.4 is 10.6 Å². The Labute approximate surface area is 139 Å². The number of aliphatic imine (C=N–C) groups is 2. The summed E-state index contributed by atoms with van der Waals surface area (Å²) >= 11 is 0. The molecular formula is C16H18N4O4. The largest absolute Gasteiger partial charge is 0.474 e. The molecule has 2 aliphatic heterocycles. The van der Waals surface area contributed by atoms with Crippen LogP contribution in [-0.2, 0) is 19.1 Å². The second-order valence-electron chi connectivity index (χ2n) is 5.23. The lowest BCUT2D eigenvalue weighted by molar-refractivity contribution is -0.112. The van der Waals surface area contributed by atoms with Gasteiger partial charge in [0.05, 0.1) is 24.6 Å². The Kier molecular flexibility index (Phi) is 5.05. The van der Waals surface area contributed by atoms with Gasteiger partial charge in [0, 0.05) is 25.9 Å². The molecular weight excluding hydrogens is 312 g/mol. The van der Waals surface area contributed by atoms with Crippen LogP contribution in [0.1, 0.15) is 12.8 Å². The molecule has 0 unspecified atom stereocenters. The molecule has 0 radical (unpaired) electrons. The Morgan fingerprint density at radius 2 is 1.29 bits per heavy atom. The number of benzene rings is 1. The number of carbonyl (C=O) groups excluding carboxylic acids is 2. The van der Waals surface area contributed by atoms with Crippen molar-refractivity contribution in [3.8, 4) is 0 Å². The van der Waals surface area contributed by atoms with Gasteiger partial charge in [0.2, 0.25) is 0 Å². The van der Waals surface area contributed by atoms with Gasteiger partial charge in [0.1, 0.15) is 0 Å². The van der Waals surface area contributed by atoms with Crippen molar-refractivity contribution in [2.45, 2.75) is 12.8 Å². The second-order valence-corrected chi connectivity index (χ2v) is 5.23. The number of nitrogens with zero attached hydrogens (tertiary/aromatic N) is 2. The van der Waals surface area contributed by atoms with Crippen LogP contribution in [-0.4, -0.2) is 49.9 Å². The molecule has 3 rings (SSSR count). The number of para-hydroxylation sites is 2. The summed E-state index contributed by atoms with van der Waals surface area (Å²) in [5, 5.41) is 5.40. The summed E-state index contributed by atoms with van der Waals surface area (Å²) in [6.07, 6.45) is 1.59. The summed E-state index contributed by atoms with van der Waals surface area (Å²) < 4.78 is 10.5. The topological polar surface area (TPSA) is 101 Å². The van der Waals surface area contributed by atoms with Gasteiger partial charge in [-0.25, -0.2) is 9.98 Å². The Bertz CT molecular complexity index is 640. The van der Waals surface area contributed by atoms with Crippen LogP contribution in [0.2, 0.25) is 0 Å². The Hall–Kier alpha value is -2.90. The van der Waals surface area contributed by atoms with Crippen LogP contribution in [0, 0.1) is 0 Å². The zero-order valence-corrected chi connectivity index (χ0v) is 13.1. The predicted molar refractivity (Wildman–Crippen MR) is 89.4 cm³/mol. The first-order chi connectivity index (χ1) is 11.7. The van der Waals surface area contributed by atoms with E-state index in [0.29, 0.717) is 37.7 Å². The first kappa shape index (κ1) is 16.0. The van der Waals surface area contributed by atoms with Crippen LogP contribution in [0.5, 0.6) is 0 Å². The molecule has 0 saturated carbocycles. The number of ether oxygens (including phenoxy) is 2. The van der Waals surface area contributed by atoms with E-state index >= 15 is 0 Å². The van der Waals surface area contributed by atoms with Crippen molar-refractivity contribution < 1.29 is 19.1 Å². The molecule has 8 heteroatoms. The van der Waals surface area contributed by atoms with Crippen molar-refractivity contribution >= 4 is 35.0 Å². The third kappa shape index (κ3) is 3.89. The number of anilines is 2. The molecule has 0 spiro atoms. The number of hydrogen-bond acceptors (Lipinski definition) is 6. The van der Waals surface area contributed by atoms with E-state index in [9.17, 15) is 9.59 Å². The predicted octanol–water partition coefficient (Wildman–Crippen LogP) is 1.20. The van der Waals surface area contributed by atoms with Crippen LogP contribution in [0.4, 0.5) is 11.4 Å². The minimum absolute atomic E-state index is 0.0577. The number of carbonyl (C=O) groups is 2. The molecule has 1 aromatic carbocycles. The highest BCUT2D eigenvalue weighted by Crippen LogP contribution is 2.21. The fourth-order valence-corrected chi connectivity index (χ4v) is 2.25. The van der Waals surface area contributed by atoms with Gasteiger partial charge in [-0.3, -0.25) is 9.59 Å². The molecule has 2 N–H and O–H groups in total. The van der Waals surface area contributed by atoms with Gasteiger partial charge in [0.25, 0.3) is 11.8 Å². The highest BCUT2D eigenvalue weighted by Gasteiger charge is 2.20. The molecule has 126 valence electrons. The summed E-state index contributed by atoms with van der Waals surface area (Å²) in [5.74, 6) is -0.768. The summed E-state index contributed by atoms with van der Waals surface area (Å²) in [4.78, 5) is 32.4. The van der Waals surface area contributed by atoms with Crippen molar-refractivity contribution in [3.05, 3.63) is 24.3 Å². The highest BCUT2D eigenvalue weighted by atomic mass is 16.5. The van der Waals surface area contributed by atoms with Crippen molar-refractivity contribution in [2.75, 3.05) is 36.9 Å². The molecule has 2 heterocycles. The number of hydrogen-bond donors (Lipinski definition) is 2. The smallest absolute Gasteiger partial charge is 0.310 e. The molecule has 24 heavy (non-hydrogen) atoms. The Morgan fingerprint density at radius 1 is 0.833 bits per heavy atom. The van der Waals surface area contributed by atoms with E-state index in [1.54, 1.807) is 24.3 Å². The Morgan fingerprint density at radius 3 is 1.67 bits per heavy atom. The minimum atomic E-state index is -0.442. The van der Waals surface area contributed by atoms with Gasteiger partial charge >= 0.3 is 11.8 Å². The molecule has 0 aromatic heterocycles. The van der Waals surface area contributed by atoms with E-state index in [0.717, 1.165) is 12.8 Å². The van der Waals surface area contributed by atoms with Gasteiger partial charge in [-0.2, -0.15) is 0 Å². The molecule has 8 nitrogen and oxygen atoms in total. The van der Waals surface area contributed by atoms with E-state index in [2.05, 4.69) is 20.6 Å². The first-order valence-corrected chi connectivity index (χ1v) is 7.80. The molecule has 0 aliphatic carbocycles.